The lowest BCUT2D eigenvalue weighted by atomic mass is 9.85. The molecule has 0 atom stereocenters. The summed E-state index contributed by atoms with van der Waals surface area (Å²) in [5, 5.41) is 27.6. The van der Waals surface area contributed by atoms with E-state index in [0.717, 1.165) is 0 Å². The Bertz CT molecular complexity index is 380. The Morgan fingerprint density at radius 2 is 1.73 bits per heavy atom. The third-order valence-electron chi connectivity index (χ3n) is 2.27. The molecule has 0 spiro atoms. The minimum atomic E-state index is -0.836. The molecule has 15 heavy (non-hydrogen) atoms. The average Bonchev–Trinajstić information content (AvgIpc) is 2.13. The molecule has 0 heterocycles. The molecule has 4 heteroatoms. The first-order chi connectivity index (χ1) is 6.79. The summed E-state index contributed by atoms with van der Waals surface area (Å²) in [6.45, 7) is 4.90. The van der Waals surface area contributed by atoms with Gasteiger partial charge in [0.1, 0.15) is 0 Å². The first kappa shape index (κ1) is 11.8. The Hall–Kier alpha value is -1.29. The molecule has 3 N–H and O–H groups in total. The summed E-state index contributed by atoms with van der Waals surface area (Å²) in [5.41, 5.74) is -0.111. The predicted octanol–water partition coefficient (Wildman–Crippen LogP) is 2.03. The topological polar surface area (TPSA) is 60.7 Å². The lowest BCUT2D eigenvalue weighted by Crippen LogP contribution is -2.14. The number of aromatic hydroxyl groups is 2. The van der Waals surface area contributed by atoms with E-state index in [4.69, 9.17) is 5.11 Å². The van der Waals surface area contributed by atoms with Gasteiger partial charge in [0, 0.05) is 5.56 Å². The Balaban J connectivity index is 3.49. The first-order valence-electron chi connectivity index (χ1n) is 4.63. The van der Waals surface area contributed by atoms with Crippen LogP contribution in [-0.4, -0.2) is 15.3 Å². The molecular formula is C11H15FO3. The van der Waals surface area contributed by atoms with Gasteiger partial charge in [0.15, 0.2) is 17.3 Å². The molecule has 0 radical (unpaired) electrons. The zero-order chi connectivity index (χ0) is 11.8. The van der Waals surface area contributed by atoms with E-state index in [1.807, 2.05) is 0 Å². The molecule has 0 saturated heterocycles. The van der Waals surface area contributed by atoms with Crippen LogP contribution in [-0.2, 0) is 12.0 Å². The summed E-state index contributed by atoms with van der Waals surface area (Å²) in [6.07, 6.45) is 0. The highest BCUT2D eigenvalue weighted by atomic mass is 19.1. The number of hydrogen-bond donors (Lipinski definition) is 3. The molecule has 3 nitrogen and oxygen atoms in total. The van der Waals surface area contributed by atoms with Crippen molar-refractivity contribution >= 4 is 0 Å². The lowest BCUT2D eigenvalue weighted by Gasteiger charge is -2.21. The van der Waals surface area contributed by atoms with Gasteiger partial charge < -0.3 is 15.3 Å². The van der Waals surface area contributed by atoms with Crippen LogP contribution in [0.2, 0.25) is 0 Å². The minimum Gasteiger partial charge on any atom is -0.504 e. The van der Waals surface area contributed by atoms with Gasteiger partial charge in [-0.3, -0.25) is 0 Å². The van der Waals surface area contributed by atoms with Crippen LogP contribution in [0.25, 0.3) is 0 Å². The van der Waals surface area contributed by atoms with Gasteiger partial charge in [-0.15, -0.1) is 0 Å². The van der Waals surface area contributed by atoms with Crippen LogP contribution < -0.4 is 0 Å². The quantitative estimate of drug-likeness (QED) is 0.627. The predicted molar refractivity (Wildman–Crippen MR) is 54.4 cm³/mol. The third-order valence-corrected chi connectivity index (χ3v) is 2.27. The number of halogens is 1. The highest BCUT2D eigenvalue weighted by molar-refractivity contribution is 5.50. The van der Waals surface area contributed by atoms with E-state index in [2.05, 4.69) is 0 Å². The van der Waals surface area contributed by atoms with Crippen LogP contribution in [0.4, 0.5) is 4.39 Å². The highest BCUT2D eigenvalue weighted by Crippen LogP contribution is 2.38. The summed E-state index contributed by atoms with van der Waals surface area (Å²) in [4.78, 5) is 0. The largest absolute Gasteiger partial charge is 0.504 e. The van der Waals surface area contributed by atoms with Gasteiger partial charge in [0.25, 0.3) is 0 Å². The van der Waals surface area contributed by atoms with Gasteiger partial charge in [-0.05, 0) is 17.0 Å². The smallest absolute Gasteiger partial charge is 0.194 e. The normalized spacial score (nSPS) is 11.8. The average molecular weight is 214 g/mol. The van der Waals surface area contributed by atoms with Crippen LogP contribution in [0, 0.1) is 5.82 Å². The van der Waals surface area contributed by atoms with Gasteiger partial charge in [-0.25, -0.2) is 4.39 Å². The Kier molecular flexibility index (Phi) is 2.90. The molecule has 0 unspecified atom stereocenters. The lowest BCUT2D eigenvalue weighted by molar-refractivity contribution is 0.270. The Morgan fingerprint density at radius 1 is 1.20 bits per heavy atom. The van der Waals surface area contributed by atoms with Crippen molar-refractivity contribution in [2.24, 2.45) is 0 Å². The van der Waals surface area contributed by atoms with E-state index in [9.17, 15) is 14.6 Å². The number of hydrogen-bond acceptors (Lipinski definition) is 3. The molecule has 0 aliphatic heterocycles. The van der Waals surface area contributed by atoms with E-state index in [-0.39, 0.29) is 11.1 Å². The molecule has 1 rings (SSSR count). The van der Waals surface area contributed by atoms with E-state index >= 15 is 0 Å². The zero-order valence-corrected chi connectivity index (χ0v) is 9.00. The number of aliphatic hydroxyl groups is 1. The number of aliphatic hydroxyl groups excluding tert-OH is 1. The number of phenols is 2. The Morgan fingerprint density at radius 3 is 2.13 bits per heavy atom. The van der Waals surface area contributed by atoms with Crippen molar-refractivity contribution in [2.45, 2.75) is 32.8 Å². The second-order valence-corrected chi connectivity index (χ2v) is 4.50. The third kappa shape index (κ3) is 2.04. The summed E-state index contributed by atoms with van der Waals surface area (Å²) in [7, 11) is 0. The maximum Gasteiger partial charge on any atom is 0.194 e. The van der Waals surface area contributed by atoms with E-state index in [1.165, 1.54) is 6.07 Å². The van der Waals surface area contributed by atoms with Crippen LogP contribution in [0.1, 0.15) is 31.9 Å². The maximum absolute atomic E-state index is 13.6. The van der Waals surface area contributed by atoms with Crippen molar-refractivity contribution in [3.05, 3.63) is 23.0 Å². The van der Waals surface area contributed by atoms with Gasteiger partial charge >= 0.3 is 0 Å². The van der Waals surface area contributed by atoms with Crippen LogP contribution in [0.5, 0.6) is 11.5 Å². The second kappa shape index (κ2) is 3.70. The van der Waals surface area contributed by atoms with Crippen molar-refractivity contribution in [2.75, 3.05) is 0 Å². The molecule has 84 valence electrons. The standard InChI is InChI=1S/C11H15FO3/c1-11(2,3)7-4-6(5-13)9(14)10(15)8(7)12/h4,13-15H,5H2,1-3H3. The van der Waals surface area contributed by atoms with Crippen molar-refractivity contribution in [3.63, 3.8) is 0 Å². The molecular weight excluding hydrogens is 199 g/mol. The molecule has 0 aliphatic carbocycles. The van der Waals surface area contributed by atoms with Crippen LogP contribution >= 0.6 is 0 Å². The summed E-state index contributed by atoms with van der Waals surface area (Å²) in [5.74, 6) is -2.23. The fourth-order valence-corrected chi connectivity index (χ4v) is 1.36. The van der Waals surface area contributed by atoms with Crippen molar-refractivity contribution in [1.82, 2.24) is 0 Å². The monoisotopic (exact) mass is 214 g/mol. The highest BCUT2D eigenvalue weighted by Gasteiger charge is 2.24. The number of benzene rings is 1. The fraction of sp³-hybridized carbons (Fsp3) is 0.455. The van der Waals surface area contributed by atoms with Gasteiger partial charge in [0.2, 0.25) is 0 Å². The Labute approximate surface area is 87.8 Å². The van der Waals surface area contributed by atoms with Crippen molar-refractivity contribution < 1.29 is 19.7 Å². The molecule has 0 saturated carbocycles. The molecule has 1 aromatic carbocycles. The van der Waals surface area contributed by atoms with Crippen molar-refractivity contribution in [1.29, 1.82) is 0 Å². The second-order valence-electron chi connectivity index (χ2n) is 4.50. The fourth-order valence-electron chi connectivity index (χ4n) is 1.36. The maximum atomic E-state index is 13.6. The minimum absolute atomic E-state index is 0.124. The summed E-state index contributed by atoms with van der Waals surface area (Å²) in [6, 6.07) is 1.37. The molecule has 0 fully saturated rings. The van der Waals surface area contributed by atoms with E-state index in [0.29, 0.717) is 0 Å². The van der Waals surface area contributed by atoms with Crippen LogP contribution in [0.3, 0.4) is 0 Å². The molecule has 0 amide bonds. The van der Waals surface area contributed by atoms with E-state index in [1.54, 1.807) is 20.8 Å². The van der Waals surface area contributed by atoms with E-state index < -0.39 is 29.3 Å². The van der Waals surface area contributed by atoms with Gasteiger partial charge in [-0.2, -0.15) is 0 Å². The molecule has 0 bridgehead atoms. The summed E-state index contributed by atoms with van der Waals surface area (Å²) >= 11 is 0. The SMILES string of the molecule is CC(C)(C)c1cc(CO)c(O)c(O)c1F. The zero-order valence-electron chi connectivity index (χ0n) is 9.00. The summed E-state index contributed by atoms with van der Waals surface area (Å²) < 4.78 is 13.6. The first-order valence-corrected chi connectivity index (χ1v) is 4.63. The molecule has 1 aromatic rings. The molecule has 0 aromatic heterocycles. The van der Waals surface area contributed by atoms with Crippen LogP contribution in [0.15, 0.2) is 6.07 Å². The number of rotatable bonds is 1. The number of phenolic OH excluding ortho intramolecular Hbond substituents is 1. The van der Waals surface area contributed by atoms with Crippen molar-refractivity contribution in [3.8, 4) is 11.5 Å². The van der Waals surface area contributed by atoms with Gasteiger partial charge in [0.05, 0.1) is 6.61 Å². The molecule has 0 aliphatic rings. The van der Waals surface area contributed by atoms with Gasteiger partial charge in [-0.1, -0.05) is 20.8 Å².